The van der Waals surface area contributed by atoms with Crippen LogP contribution in [0.5, 0.6) is 0 Å². The van der Waals surface area contributed by atoms with Crippen LogP contribution in [-0.4, -0.2) is 12.1 Å². The smallest absolute Gasteiger partial charge is 0.244 e. The highest BCUT2D eigenvalue weighted by atomic mass is 35.5. The minimum absolute atomic E-state index is 0.187. The minimum atomic E-state index is -0.187. The van der Waals surface area contributed by atoms with Gasteiger partial charge in [0.1, 0.15) is 0 Å². The van der Waals surface area contributed by atoms with Crippen LogP contribution in [0.2, 0.25) is 10.0 Å². The Kier molecular flexibility index (Phi) is 5.14. The summed E-state index contributed by atoms with van der Waals surface area (Å²) in [4.78, 5) is 12.1. The van der Waals surface area contributed by atoms with E-state index < -0.39 is 0 Å². The Bertz CT molecular complexity index is 917. The molecule has 24 heavy (non-hydrogen) atoms. The third-order valence-electron chi connectivity index (χ3n) is 3.59. The lowest BCUT2D eigenvalue weighted by Crippen LogP contribution is -2.19. The Balaban J connectivity index is 1.68. The molecule has 0 bridgehead atoms. The molecule has 1 amide bonds. The summed E-state index contributed by atoms with van der Waals surface area (Å²) in [7, 11) is 0. The number of nitrogens with one attached hydrogen (secondary N) is 1. The van der Waals surface area contributed by atoms with Crippen LogP contribution >= 0.6 is 23.2 Å². The van der Waals surface area contributed by atoms with Crippen molar-refractivity contribution < 1.29 is 4.79 Å². The second kappa shape index (κ2) is 7.47. The van der Waals surface area contributed by atoms with Gasteiger partial charge >= 0.3 is 0 Å². The van der Waals surface area contributed by atoms with Crippen molar-refractivity contribution in [3.63, 3.8) is 0 Å². The van der Waals surface area contributed by atoms with E-state index in [0.29, 0.717) is 15.6 Å². The predicted molar refractivity (Wildman–Crippen MR) is 99.9 cm³/mol. The van der Waals surface area contributed by atoms with Gasteiger partial charge in [0.05, 0.1) is 17.7 Å². The van der Waals surface area contributed by atoms with Crippen molar-refractivity contribution in [3.8, 4) is 0 Å². The molecule has 3 aromatic carbocycles. The zero-order valence-electron chi connectivity index (χ0n) is 12.7. The van der Waals surface area contributed by atoms with Gasteiger partial charge in [0.25, 0.3) is 0 Å². The molecule has 0 aliphatic rings. The molecule has 5 heteroatoms. The lowest BCUT2D eigenvalue weighted by atomic mass is 10.0. The summed E-state index contributed by atoms with van der Waals surface area (Å²) in [5.41, 5.74) is 4.17. The van der Waals surface area contributed by atoms with E-state index in [1.165, 1.54) is 6.21 Å². The zero-order valence-corrected chi connectivity index (χ0v) is 14.2. The van der Waals surface area contributed by atoms with Crippen molar-refractivity contribution in [1.82, 2.24) is 5.43 Å². The molecule has 1 N–H and O–H groups in total. The number of carbonyl (C=O) groups excluding carboxylic acids is 1. The van der Waals surface area contributed by atoms with Gasteiger partial charge in [-0.1, -0.05) is 71.7 Å². The maximum absolute atomic E-state index is 12.1. The van der Waals surface area contributed by atoms with Gasteiger partial charge in [-0.25, -0.2) is 5.43 Å². The van der Waals surface area contributed by atoms with Crippen molar-refractivity contribution in [1.29, 1.82) is 0 Å². The number of amides is 1. The molecule has 0 spiro atoms. The van der Waals surface area contributed by atoms with Gasteiger partial charge in [-0.2, -0.15) is 5.10 Å². The van der Waals surface area contributed by atoms with E-state index in [4.69, 9.17) is 23.2 Å². The summed E-state index contributed by atoms with van der Waals surface area (Å²) in [6, 6.07) is 19.0. The monoisotopic (exact) mass is 356 g/mol. The number of nitrogens with zero attached hydrogens (tertiary/aromatic N) is 1. The first-order valence-corrected chi connectivity index (χ1v) is 8.13. The highest BCUT2D eigenvalue weighted by Gasteiger charge is 2.06. The van der Waals surface area contributed by atoms with Crippen LogP contribution < -0.4 is 5.43 Å². The Hall–Kier alpha value is -2.36. The number of hydrazone groups is 1. The molecule has 0 atom stereocenters. The fourth-order valence-corrected chi connectivity index (χ4v) is 2.90. The lowest BCUT2D eigenvalue weighted by molar-refractivity contribution is -0.120. The standard InChI is InChI=1S/C19H14Cl2N2O/c20-16-9-8-15(18(21)11-16)12-22-23-19(24)10-14-6-3-5-13-4-1-2-7-17(13)14/h1-9,11-12H,10H2,(H,23,24)/b22-12+. The molecule has 0 aliphatic carbocycles. The molecule has 0 unspecified atom stereocenters. The van der Waals surface area contributed by atoms with E-state index in [1.54, 1.807) is 18.2 Å². The summed E-state index contributed by atoms with van der Waals surface area (Å²) in [6.07, 6.45) is 1.76. The molecule has 0 aliphatic heterocycles. The molecule has 0 fully saturated rings. The van der Waals surface area contributed by atoms with E-state index in [0.717, 1.165) is 16.3 Å². The average Bonchev–Trinajstić information content (AvgIpc) is 2.57. The SMILES string of the molecule is O=C(Cc1cccc2ccccc12)N/N=C/c1ccc(Cl)cc1Cl. The summed E-state index contributed by atoms with van der Waals surface area (Å²) < 4.78 is 0. The predicted octanol–water partition coefficient (Wildman–Crippen LogP) is 4.84. The maximum atomic E-state index is 12.1. The number of hydrogen-bond acceptors (Lipinski definition) is 2. The molecule has 0 saturated heterocycles. The number of benzene rings is 3. The fraction of sp³-hybridized carbons (Fsp3) is 0.0526. The third-order valence-corrected chi connectivity index (χ3v) is 4.15. The number of halogens is 2. The van der Waals surface area contributed by atoms with Crippen LogP contribution in [0.1, 0.15) is 11.1 Å². The van der Waals surface area contributed by atoms with Gasteiger partial charge in [-0.05, 0) is 28.5 Å². The number of carbonyl (C=O) groups is 1. The summed E-state index contributed by atoms with van der Waals surface area (Å²) >= 11 is 11.9. The third kappa shape index (κ3) is 3.94. The Morgan fingerprint density at radius 2 is 1.83 bits per heavy atom. The Labute approximate surface area is 149 Å². The van der Waals surface area contributed by atoms with Crippen molar-refractivity contribution in [2.75, 3.05) is 0 Å². The number of hydrogen-bond donors (Lipinski definition) is 1. The topological polar surface area (TPSA) is 41.5 Å². The van der Waals surface area contributed by atoms with Gasteiger partial charge in [-0.15, -0.1) is 0 Å². The van der Waals surface area contributed by atoms with E-state index in [1.807, 2.05) is 42.5 Å². The summed E-state index contributed by atoms with van der Waals surface area (Å²) in [5, 5.41) is 7.17. The number of fused-ring (bicyclic) bond motifs is 1. The Morgan fingerprint density at radius 1 is 1.04 bits per heavy atom. The number of rotatable bonds is 4. The maximum Gasteiger partial charge on any atom is 0.244 e. The molecule has 0 radical (unpaired) electrons. The van der Waals surface area contributed by atoms with Gasteiger partial charge in [0, 0.05) is 10.6 Å². The van der Waals surface area contributed by atoms with E-state index in [2.05, 4.69) is 10.5 Å². The van der Waals surface area contributed by atoms with Crippen LogP contribution in [0.15, 0.2) is 65.8 Å². The van der Waals surface area contributed by atoms with Crippen molar-refractivity contribution in [2.24, 2.45) is 5.10 Å². The zero-order chi connectivity index (χ0) is 16.9. The molecular formula is C19H14Cl2N2O. The van der Waals surface area contributed by atoms with E-state index in [9.17, 15) is 4.79 Å². The highest BCUT2D eigenvalue weighted by Crippen LogP contribution is 2.20. The first-order valence-electron chi connectivity index (χ1n) is 7.37. The minimum Gasteiger partial charge on any atom is -0.273 e. The van der Waals surface area contributed by atoms with Crippen molar-refractivity contribution >= 4 is 46.1 Å². The summed E-state index contributed by atoms with van der Waals surface area (Å²) in [6.45, 7) is 0. The molecule has 3 nitrogen and oxygen atoms in total. The van der Waals surface area contributed by atoms with E-state index >= 15 is 0 Å². The highest BCUT2D eigenvalue weighted by molar-refractivity contribution is 6.36. The van der Waals surface area contributed by atoms with Gasteiger partial charge in [0.15, 0.2) is 0 Å². The molecule has 0 aromatic heterocycles. The second-order valence-corrected chi connectivity index (χ2v) is 6.12. The van der Waals surface area contributed by atoms with Crippen molar-refractivity contribution in [2.45, 2.75) is 6.42 Å². The van der Waals surface area contributed by atoms with Gasteiger partial charge < -0.3 is 0 Å². The molecule has 3 rings (SSSR count). The lowest BCUT2D eigenvalue weighted by Gasteiger charge is -2.05. The average molecular weight is 357 g/mol. The second-order valence-electron chi connectivity index (χ2n) is 5.27. The molecule has 120 valence electrons. The van der Waals surface area contributed by atoms with Gasteiger partial charge in [-0.3, -0.25) is 4.79 Å². The van der Waals surface area contributed by atoms with E-state index in [-0.39, 0.29) is 12.3 Å². The van der Waals surface area contributed by atoms with Gasteiger partial charge in [0.2, 0.25) is 5.91 Å². The van der Waals surface area contributed by atoms with Crippen LogP contribution in [0, 0.1) is 0 Å². The molecule has 0 heterocycles. The molecule has 3 aromatic rings. The largest absolute Gasteiger partial charge is 0.273 e. The quantitative estimate of drug-likeness (QED) is 0.527. The fourth-order valence-electron chi connectivity index (χ4n) is 2.44. The first kappa shape index (κ1) is 16.5. The molecular weight excluding hydrogens is 343 g/mol. The van der Waals surface area contributed by atoms with Crippen molar-refractivity contribution in [3.05, 3.63) is 81.8 Å². The van der Waals surface area contributed by atoms with Crippen LogP contribution in [0.4, 0.5) is 0 Å². The first-order chi connectivity index (χ1) is 11.6. The summed E-state index contributed by atoms with van der Waals surface area (Å²) in [5.74, 6) is -0.187. The van der Waals surface area contributed by atoms with Crippen LogP contribution in [-0.2, 0) is 11.2 Å². The molecule has 0 saturated carbocycles. The van der Waals surface area contributed by atoms with Crippen LogP contribution in [0.3, 0.4) is 0 Å². The van der Waals surface area contributed by atoms with Crippen LogP contribution in [0.25, 0.3) is 10.8 Å². The Morgan fingerprint density at radius 3 is 2.67 bits per heavy atom. The normalized spacial score (nSPS) is 11.1.